The van der Waals surface area contributed by atoms with Crippen LogP contribution in [0.4, 0.5) is 0 Å². The average Bonchev–Trinajstić information content (AvgIpc) is 2.29. The van der Waals surface area contributed by atoms with E-state index in [0.29, 0.717) is 30.4 Å². The van der Waals surface area contributed by atoms with Crippen LogP contribution in [-0.4, -0.2) is 16.6 Å². The molecule has 3 heteroatoms. The van der Waals surface area contributed by atoms with Crippen molar-refractivity contribution in [3.05, 3.63) is 29.6 Å². The molecule has 0 amide bonds. The molecule has 0 atom stereocenters. The normalized spacial score (nSPS) is 16.6. The predicted molar refractivity (Wildman–Crippen MR) is 46.7 cm³/mol. The summed E-state index contributed by atoms with van der Waals surface area (Å²) >= 11 is 0. The molecule has 0 saturated heterocycles. The molecular formula is C10H9NO2. The van der Waals surface area contributed by atoms with E-state index < -0.39 is 0 Å². The van der Waals surface area contributed by atoms with Gasteiger partial charge >= 0.3 is 0 Å². The number of fused-ring (bicyclic) bond motifs is 1. The second-order valence-electron chi connectivity index (χ2n) is 3.12. The van der Waals surface area contributed by atoms with Crippen molar-refractivity contribution in [2.75, 3.05) is 0 Å². The Bertz CT molecular complexity index is 336. The quantitative estimate of drug-likeness (QED) is 0.563. The maximum atomic E-state index is 11.5. The van der Waals surface area contributed by atoms with Gasteiger partial charge in [-0.15, -0.1) is 0 Å². The van der Waals surface area contributed by atoms with E-state index in [1.165, 1.54) is 6.20 Å². The average molecular weight is 175 g/mol. The first-order chi connectivity index (χ1) is 6.29. The molecule has 66 valence electrons. The predicted octanol–water partition coefficient (Wildman–Crippen LogP) is 1.63. The smallest absolute Gasteiger partial charge is 0.165 e. The molecule has 0 radical (unpaired) electrons. The molecule has 0 saturated carbocycles. The zero-order chi connectivity index (χ0) is 9.26. The molecule has 2 rings (SSSR count). The lowest BCUT2D eigenvalue weighted by molar-refractivity contribution is 0.0980. The van der Waals surface area contributed by atoms with Crippen molar-refractivity contribution in [1.29, 1.82) is 0 Å². The van der Waals surface area contributed by atoms with Crippen LogP contribution in [0.15, 0.2) is 18.5 Å². The van der Waals surface area contributed by atoms with Crippen LogP contribution in [0.5, 0.6) is 0 Å². The zero-order valence-electron chi connectivity index (χ0n) is 7.12. The fraction of sp³-hybridized carbons (Fsp3) is 0.300. The van der Waals surface area contributed by atoms with Crippen molar-refractivity contribution in [2.24, 2.45) is 0 Å². The Morgan fingerprint density at radius 1 is 1.08 bits per heavy atom. The maximum absolute atomic E-state index is 11.5. The molecule has 0 fully saturated rings. The number of hydrogen-bond donors (Lipinski definition) is 0. The largest absolute Gasteiger partial charge is 0.294 e. The van der Waals surface area contributed by atoms with Gasteiger partial charge in [-0.2, -0.15) is 0 Å². The van der Waals surface area contributed by atoms with Crippen LogP contribution in [-0.2, 0) is 0 Å². The first kappa shape index (κ1) is 8.10. The molecule has 0 aromatic carbocycles. The van der Waals surface area contributed by atoms with Crippen LogP contribution in [0, 0.1) is 0 Å². The SMILES string of the molecule is O=C1CCCC(=O)c2cnccc21. The summed E-state index contributed by atoms with van der Waals surface area (Å²) in [6, 6.07) is 1.63. The van der Waals surface area contributed by atoms with Crippen LogP contribution in [0.25, 0.3) is 0 Å². The number of rotatable bonds is 0. The van der Waals surface area contributed by atoms with E-state index in [9.17, 15) is 9.59 Å². The Hall–Kier alpha value is -1.51. The Balaban J connectivity index is 2.57. The van der Waals surface area contributed by atoms with Gasteiger partial charge in [-0.05, 0) is 12.5 Å². The van der Waals surface area contributed by atoms with Gasteiger partial charge in [0.25, 0.3) is 0 Å². The second kappa shape index (κ2) is 3.09. The molecule has 0 aliphatic heterocycles. The standard InChI is InChI=1S/C10H9NO2/c12-9-2-1-3-10(13)8-6-11-5-4-7(8)9/h4-6H,1-3H2. The summed E-state index contributed by atoms with van der Waals surface area (Å²) in [5.74, 6) is 0.0946. The Morgan fingerprint density at radius 2 is 1.77 bits per heavy atom. The van der Waals surface area contributed by atoms with Crippen molar-refractivity contribution < 1.29 is 9.59 Å². The monoisotopic (exact) mass is 175 g/mol. The van der Waals surface area contributed by atoms with Crippen LogP contribution >= 0.6 is 0 Å². The molecule has 1 aliphatic carbocycles. The molecule has 0 spiro atoms. The summed E-state index contributed by atoms with van der Waals surface area (Å²) in [6.07, 6.45) is 4.63. The number of carbonyl (C=O) groups is 2. The fourth-order valence-electron chi connectivity index (χ4n) is 1.54. The molecule has 0 unspecified atom stereocenters. The van der Waals surface area contributed by atoms with Gasteiger partial charge in [0.1, 0.15) is 0 Å². The summed E-state index contributed by atoms with van der Waals surface area (Å²) in [5.41, 5.74) is 1.03. The third-order valence-electron chi connectivity index (χ3n) is 2.23. The summed E-state index contributed by atoms with van der Waals surface area (Å²) in [4.78, 5) is 26.8. The number of ketones is 2. The Kier molecular flexibility index (Phi) is 1.93. The van der Waals surface area contributed by atoms with Crippen molar-refractivity contribution in [3.8, 4) is 0 Å². The van der Waals surface area contributed by atoms with Gasteiger partial charge in [0, 0.05) is 36.4 Å². The highest BCUT2D eigenvalue weighted by Gasteiger charge is 2.20. The molecule has 1 aromatic rings. The summed E-state index contributed by atoms with van der Waals surface area (Å²) in [6.45, 7) is 0. The Labute approximate surface area is 75.8 Å². The van der Waals surface area contributed by atoms with E-state index in [2.05, 4.69) is 4.98 Å². The van der Waals surface area contributed by atoms with Gasteiger partial charge in [-0.25, -0.2) is 0 Å². The van der Waals surface area contributed by atoms with E-state index in [-0.39, 0.29) is 11.6 Å². The maximum Gasteiger partial charge on any atom is 0.165 e. The van der Waals surface area contributed by atoms with Gasteiger partial charge in [-0.1, -0.05) is 0 Å². The summed E-state index contributed by atoms with van der Waals surface area (Å²) < 4.78 is 0. The van der Waals surface area contributed by atoms with E-state index >= 15 is 0 Å². The first-order valence-corrected chi connectivity index (χ1v) is 4.29. The highest BCUT2D eigenvalue weighted by atomic mass is 16.1. The summed E-state index contributed by atoms with van der Waals surface area (Å²) in [7, 11) is 0. The van der Waals surface area contributed by atoms with E-state index in [1.54, 1.807) is 12.3 Å². The molecule has 1 aromatic heterocycles. The highest BCUT2D eigenvalue weighted by molar-refractivity contribution is 6.10. The molecule has 1 heterocycles. The topological polar surface area (TPSA) is 47.0 Å². The van der Waals surface area contributed by atoms with Crippen molar-refractivity contribution in [2.45, 2.75) is 19.3 Å². The number of hydrogen-bond acceptors (Lipinski definition) is 3. The minimum atomic E-state index is 0.0361. The van der Waals surface area contributed by atoms with Crippen molar-refractivity contribution in [3.63, 3.8) is 0 Å². The van der Waals surface area contributed by atoms with Crippen LogP contribution in [0.1, 0.15) is 40.0 Å². The minimum Gasteiger partial charge on any atom is -0.294 e. The van der Waals surface area contributed by atoms with E-state index in [4.69, 9.17) is 0 Å². The van der Waals surface area contributed by atoms with Gasteiger partial charge in [-0.3, -0.25) is 14.6 Å². The lowest BCUT2D eigenvalue weighted by Gasteiger charge is -1.99. The number of pyridine rings is 1. The van der Waals surface area contributed by atoms with E-state index in [0.717, 1.165) is 0 Å². The van der Waals surface area contributed by atoms with Gasteiger partial charge in [0.2, 0.25) is 0 Å². The lowest BCUT2D eigenvalue weighted by atomic mass is 10.0. The van der Waals surface area contributed by atoms with Crippen LogP contribution < -0.4 is 0 Å². The third kappa shape index (κ3) is 1.37. The van der Waals surface area contributed by atoms with Crippen molar-refractivity contribution >= 4 is 11.6 Å². The molecule has 13 heavy (non-hydrogen) atoms. The highest BCUT2D eigenvalue weighted by Crippen LogP contribution is 2.18. The first-order valence-electron chi connectivity index (χ1n) is 4.29. The van der Waals surface area contributed by atoms with Gasteiger partial charge in [0.05, 0.1) is 0 Å². The number of aromatic nitrogens is 1. The number of carbonyl (C=O) groups excluding carboxylic acids is 2. The fourth-order valence-corrected chi connectivity index (χ4v) is 1.54. The Morgan fingerprint density at radius 3 is 2.54 bits per heavy atom. The molecule has 1 aliphatic rings. The molecule has 3 nitrogen and oxygen atoms in total. The number of Topliss-reactive ketones (excluding diaryl/α,β-unsaturated/α-hetero) is 2. The zero-order valence-corrected chi connectivity index (χ0v) is 7.12. The minimum absolute atomic E-state index is 0.0361. The van der Waals surface area contributed by atoms with Crippen LogP contribution in [0.3, 0.4) is 0 Å². The molecule has 0 N–H and O–H groups in total. The van der Waals surface area contributed by atoms with Gasteiger partial charge < -0.3 is 0 Å². The molecule has 0 bridgehead atoms. The van der Waals surface area contributed by atoms with Crippen LogP contribution in [0.2, 0.25) is 0 Å². The summed E-state index contributed by atoms with van der Waals surface area (Å²) in [5, 5.41) is 0. The lowest BCUT2D eigenvalue weighted by Crippen LogP contribution is -2.03. The second-order valence-corrected chi connectivity index (χ2v) is 3.12. The van der Waals surface area contributed by atoms with Gasteiger partial charge in [0.15, 0.2) is 11.6 Å². The number of nitrogens with zero attached hydrogens (tertiary/aromatic N) is 1. The van der Waals surface area contributed by atoms with Crippen molar-refractivity contribution in [1.82, 2.24) is 4.98 Å². The molecular weight excluding hydrogens is 166 g/mol. The van der Waals surface area contributed by atoms with E-state index in [1.807, 2.05) is 0 Å². The third-order valence-corrected chi connectivity index (χ3v) is 2.23.